The molecule has 2 aromatic carbocycles. The fourth-order valence-electron chi connectivity index (χ4n) is 2.98. The third kappa shape index (κ3) is 4.73. The number of benzene rings is 2. The van der Waals surface area contributed by atoms with Crippen LogP contribution in [0.4, 0.5) is 0 Å². The summed E-state index contributed by atoms with van der Waals surface area (Å²) < 4.78 is 43.5. The summed E-state index contributed by atoms with van der Waals surface area (Å²) in [6.45, 7) is 5.74. The topological polar surface area (TPSA) is 65.1 Å². The molecule has 27 heavy (non-hydrogen) atoms. The highest BCUT2D eigenvalue weighted by molar-refractivity contribution is 7.89. The maximum absolute atomic E-state index is 12.8. The molecule has 0 unspecified atom stereocenters. The van der Waals surface area contributed by atoms with E-state index in [-0.39, 0.29) is 4.90 Å². The van der Waals surface area contributed by atoms with E-state index in [2.05, 4.69) is 6.07 Å². The van der Waals surface area contributed by atoms with E-state index < -0.39 is 10.0 Å². The summed E-state index contributed by atoms with van der Waals surface area (Å²) in [4.78, 5) is 0.199. The van der Waals surface area contributed by atoms with E-state index in [1.54, 1.807) is 19.2 Å². The monoisotopic (exact) mass is 391 g/mol. The third-order valence-corrected chi connectivity index (χ3v) is 6.16. The van der Waals surface area contributed by atoms with Crippen LogP contribution in [0, 0.1) is 13.8 Å². The number of hydrogen-bond acceptors (Lipinski definition) is 5. The predicted molar refractivity (Wildman–Crippen MR) is 103 cm³/mol. The summed E-state index contributed by atoms with van der Waals surface area (Å²) in [7, 11) is -2.02. The van der Waals surface area contributed by atoms with E-state index in [9.17, 15) is 8.42 Å². The Morgan fingerprint density at radius 1 is 1.00 bits per heavy atom. The number of hydrogen-bond donors (Lipinski definition) is 0. The van der Waals surface area contributed by atoms with Gasteiger partial charge in [-0.1, -0.05) is 6.07 Å². The molecule has 0 spiro atoms. The minimum Gasteiger partial charge on any atom is -0.494 e. The number of ether oxygens (including phenoxy) is 3. The van der Waals surface area contributed by atoms with Gasteiger partial charge in [0.25, 0.3) is 0 Å². The second-order valence-electron chi connectivity index (χ2n) is 6.66. The Kier molecular flexibility index (Phi) is 5.92. The summed E-state index contributed by atoms with van der Waals surface area (Å²) in [5.74, 6) is 1.85. The molecule has 146 valence electrons. The van der Waals surface area contributed by atoms with Crippen LogP contribution in [-0.4, -0.2) is 46.1 Å². The van der Waals surface area contributed by atoms with Crippen LogP contribution in [0.1, 0.15) is 17.5 Å². The fourth-order valence-corrected chi connectivity index (χ4v) is 4.20. The summed E-state index contributed by atoms with van der Waals surface area (Å²) in [5, 5.41) is 0. The average molecular weight is 391 g/mol. The molecule has 0 radical (unpaired) electrons. The SMILES string of the molecule is Cc1cc(C)cc(OCCCN(C)S(=O)(=O)c2ccc3c(c2)OCCO3)c1. The number of rotatable bonds is 7. The van der Waals surface area contributed by atoms with Gasteiger partial charge in [0, 0.05) is 19.7 Å². The van der Waals surface area contributed by atoms with Gasteiger partial charge in [0.1, 0.15) is 19.0 Å². The zero-order valence-corrected chi connectivity index (χ0v) is 16.7. The first-order chi connectivity index (χ1) is 12.9. The molecule has 1 aliphatic rings. The van der Waals surface area contributed by atoms with Crippen LogP contribution in [0.3, 0.4) is 0 Å². The van der Waals surface area contributed by atoms with Crippen molar-refractivity contribution < 1.29 is 22.6 Å². The van der Waals surface area contributed by atoms with Crippen molar-refractivity contribution in [2.45, 2.75) is 25.2 Å². The van der Waals surface area contributed by atoms with Crippen LogP contribution >= 0.6 is 0 Å². The summed E-state index contributed by atoms with van der Waals surface area (Å²) >= 11 is 0. The Balaban J connectivity index is 1.57. The predicted octanol–water partition coefficient (Wildman–Crippen LogP) is 3.16. The molecular weight excluding hydrogens is 366 g/mol. The van der Waals surface area contributed by atoms with Crippen LogP contribution in [-0.2, 0) is 10.0 Å². The van der Waals surface area contributed by atoms with Crippen LogP contribution in [0.5, 0.6) is 17.2 Å². The molecule has 2 aromatic rings. The van der Waals surface area contributed by atoms with Crippen LogP contribution in [0.25, 0.3) is 0 Å². The molecule has 0 atom stereocenters. The zero-order valence-electron chi connectivity index (χ0n) is 15.9. The standard InChI is InChI=1S/C20H25NO5S/c1-15-11-16(2)13-17(12-15)24-8-4-7-21(3)27(22,23)18-5-6-19-20(14-18)26-10-9-25-19/h5-6,11-14H,4,7-10H2,1-3H3. The van der Waals surface area contributed by atoms with Crippen molar-refractivity contribution in [2.24, 2.45) is 0 Å². The van der Waals surface area contributed by atoms with E-state index in [4.69, 9.17) is 14.2 Å². The molecule has 0 aliphatic carbocycles. The van der Waals surface area contributed by atoms with E-state index in [1.807, 2.05) is 26.0 Å². The Morgan fingerprint density at radius 3 is 2.37 bits per heavy atom. The third-order valence-electron chi connectivity index (χ3n) is 4.30. The Morgan fingerprint density at radius 2 is 1.67 bits per heavy atom. The maximum atomic E-state index is 12.8. The molecule has 0 fully saturated rings. The minimum absolute atomic E-state index is 0.199. The molecule has 0 saturated heterocycles. The normalized spacial score (nSPS) is 13.6. The van der Waals surface area contributed by atoms with Gasteiger partial charge in [-0.05, 0) is 55.7 Å². The molecule has 0 aromatic heterocycles. The molecule has 1 heterocycles. The Hall–Kier alpha value is -2.25. The summed E-state index contributed by atoms with van der Waals surface area (Å²) in [6, 6.07) is 10.7. The Bertz CT molecular complexity index is 890. The molecule has 7 heteroatoms. The number of nitrogens with zero attached hydrogens (tertiary/aromatic N) is 1. The second kappa shape index (κ2) is 8.19. The Labute approximate surface area is 160 Å². The van der Waals surface area contributed by atoms with Gasteiger partial charge in [0.05, 0.1) is 11.5 Å². The molecule has 0 bridgehead atoms. The van der Waals surface area contributed by atoms with Crippen molar-refractivity contribution in [3.05, 3.63) is 47.5 Å². The van der Waals surface area contributed by atoms with Crippen molar-refractivity contribution in [1.82, 2.24) is 4.31 Å². The quantitative estimate of drug-likeness (QED) is 0.679. The van der Waals surface area contributed by atoms with Gasteiger partial charge in [-0.15, -0.1) is 0 Å². The molecule has 1 aliphatic heterocycles. The number of aryl methyl sites for hydroxylation is 2. The van der Waals surface area contributed by atoms with E-state index in [0.717, 1.165) is 16.9 Å². The van der Waals surface area contributed by atoms with Gasteiger partial charge in [-0.25, -0.2) is 12.7 Å². The lowest BCUT2D eigenvalue weighted by Crippen LogP contribution is -2.29. The van der Waals surface area contributed by atoms with E-state index in [0.29, 0.717) is 44.3 Å². The summed E-state index contributed by atoms with van der Waals surface area (Å²) in [6.07, 6.45) is 0.591. The molecular formula is C20H25NO5S. The average Bonchev–Trinajstić information content (AvgIpc) is 2.63. The smallest absolute Gasteiger partial charge is 0.242 e. The lowest BCUT2D eigenvalue weighted by molar-refractivity contribution is 0.171. The minimum atomic E-state index is -3.59. The largest absolute Gasteiger partial charge is 0.494 e. The van der Waals surface area contributed by atoms with Crippen molar-refractivity contribution in [3.8, 4) is 17.2 Å². The van der Waals surface area contributed by atoms with Crippen LogP contribution in [0.15, 0.2) is 41.3 Å². The zero-order chi connectivity index (χ0) is 19.4. The molecule has 0 N–H and O–H groups in total. The van der Waals surface area contributed by atoms with Gasteiger partial charge in [0.2, 0.25) is 10.0 Å². The van der Waals surface area contributed by atoms with Crippen LogP contribution < -0.4 is 14.2 Å². The summed E-state index contributed by atoms with van der Waals surface area (Å²) in [5.41, 5.74) is 2.28. The van der Waals surface area contributed by atoms with Crippen molar-refractivity contribution in [3.63, 3.8) is 0 Å². The molecule has 0 saturated carbocycles. The first-order valence-corrected chi connectivity index (χ1v) is 10.4. The van der Waals surface area contributed by atoms with E-state index >= 15 is 0 Å². The van der Waals surface area contributed by atoms with Gasteiger partial charge < -0.3 is 14.2 Å². The number of fused-ring (bicyclic) bond motifs is 1. The highest BCUT2D eigenvalue weighted by Gasteiger charge is 2.23. The first-order valence-electron chi connectivity index (χ1n) is 8.93. The van der Waals surface area contributed by atoms with Crippen molar-refractivity contribution in [1.29, 1.82) is 0 Å². The first kappa shape index (κ1) is 19.5. The maximum Gasteiger partial charge on any atom is 0.242 e. The van der Waals surface area contributed by atoms with E-state index in [1.165, 1.54) is 10.4 Å². The lowest BCUT2D eigenvalue weighted by Gasteiger charge is -2.21. The second-order valence-corrected chi connectivity index (χ2v) is 8.70. The molecule has 3 rings (SSSR count). The molecule has 0 amide bonds. The van der Waals surface area contributed by atoms with Crippen molar-refractivity contribution >= 4 is 10.0 Å². The van der Waals surface area contributed by atoms with Gasteiger partial charge >= 0.3 is 0 Å². The lowest BCUT2D eigenvalue weighted by atomic mass is 10.1. The number of sulfonamides is 1. The van der Waals surface area contributed by atoms with Gasteiger partial charge in [0.15, 0.2) is 11.5 Å². The van der Waals surface area contributed by atoms with Gasteiger partial charge in [-0.2, -0.15) is 0 Å². The van der Waals surface area contributed by atoms with Crippen molar-refractivity contribution in [2.75, 3.05) is 33.4 Å². The highest BCUT2D eigenvalue weighted by atomic mass is 32.2. The van der Waals surface area contributed by atoms with Gasteiger partial charge in [-0.3, -0.25) is 0 Å². The molecule has 6 nitrogen and oxygen atoms in total. The highest BCUT2D eigenvalue weighted by Crippen LogP contribution is 2.33. The van der Waals surface area contributed by atoms with Crippen LogP contribution in [0.2, 0.25) is 0 Å². The fraction of sp³-hybridized carbons (Fsp3) is 0.400.